The number of thiophene rings is 1. The van der Waals surface area contributed by atoms with Crippen molar-refractivity contribution in [3.05, 3.63) is 21.9 Å². The van der Waals surface area contributed by atoms with Crippen LogP contribution in [0.3, 0.4) is 0 Å². The van der Waals surface area contributed by atoms with Crippen LogP contribution in [0, 0.1) is 0 Å². The van der Waals surface area contributed by atoms with Gasteiger partial charge in [-0.3, -0.25) is 0 Å². The highest BCUT2D eigenvalue weighted by molar-refractivity contribution is 7.10. The fraction of sp³-hybridized carbons (Fsp3) is 0.692. The zero-order chi connectivity index (χ0) is 12.0. The highest BCUT2D eigenvalue weighted by Gasteiger charge is 2.21. The Morgan fingerprint density at radius 2 is 2.00 bits per heavy atom. The molecular formula is C13H23NOS. The maximum Gasteiger partial charge on any atom is 0.0766 e. The van der Waals surface area contributed by atoms with Crippen LogP contribution >= 0.6 is 11.3 Å². The smallest absolute Gasteiger partial charge is 0.0766 e. The summed E-state index contributed by atoms with van der Waals surface area (Å²) < 4.78 is 0. The van der Waals surface area contributed by atoms with Crippen molar-refractivity contribution >= 4 is 11.3 Å². The molecule has 0 aliphatic carbocycles. The third kappa shape index (κ3) is 3.58. The average molecular weight is 241 g/mol. The Labute approximate surface area is 103 Å². The second kappa shape index (κ2) is 6.38. The van der Waals surface area contributed by atoms with Gasteiger partial charge in [0.25, 0.3) is 0 Å². The number of hydrogen-bond donors (Lipinski definition) is 2. The van der Waals surface area contributed by atoms with Gasteiger partial charge >= 0.3 is 0 Å². The van der Waals surface area contributed by atoms with Gasteiger partial charge in [-0.25, -0.2) is 0 Å². The number of nitrogens with one attached hydrogen (secondary N) is 1. The van der Waals surface area contributed by atoms with Crippen LogP contribution in [-0.4, -0.2) is 17.3 Å². The summed E-state index contributed by atoms with van der Waals surface area (Å²) in [7, 11) is 0. The molecule has 0 amide bonds. The van der Waals surface area contributed by atoms with E-state index in [2.05, 4.69) is 23.7 Å². The molecule has 0 aliphatic rings. The van der Waals surface area contributed by atoms with E-state index in [1.54, 1.807) is 11.3 Å². The molecule has 2 nitrogen and oxygen atoms in total. The summed E-state index contributed by atoms with van der Waals surface area (Å²) in [6.45, 7) is 7.81. The Kier molecular flexibility index (Phi) is 5.46. The van der Waals surface area contributed by atoms with Crippen molar-refractivity contribution in [2.24, 2.45) is 0 Å². The second-order valence-corrected chi connectivity index (χ2v) is 5.26. The standard InChI is InChI=1S/C13H23NOS/c1-4-11-7-8-16-12(11)9-14-10-13(15,5-2)6-3/h7-8,14-15H,4-6,9-10H2,1-3H3. The molecule has 1 heterocycles. The van der Waals surface area contributed by atoms with E-state index >= 15 is 0 Å². The molecule has 0 atom stereocenters. The highest BCUT2D eigenvalue weighted by Crippen LogP contribution is 2.18. The minimum absolute atomic E-state index is 0.538. The van der Waals surface area contributed by atoms with Gasteiger partial charge in [0.2, 0.25) is 0 Å². The zero-order valence-electron chi connectivity index (χ0n) is 10.5. The minimum Gasteiger partial charge on any atom is -0.389 e. The predicted octanol–water partition coefficient (Wildman–Crippen LogP) is 2.95. The summed E-state index contributed by atoms with van der Waals surface area (Å²) in [4.78, 5) is 1.40. The molecule has 16 heavy (non-hydrogen) atoms. The molecule has 0 unspecified atom stereocenters. The Balaban J connectivity index is 2.41. The van der Waals surface area contributed by atoms with Crippen molar-refractivity contribution in [1.29, 1.82) is 0 Å². The molecule has 0 saturated carbocycles. The van der Waals surface area contributed by atoms with Crippen molar-refractivity contribution in [2.45, 2.75) is 52.2 Å². The first kappa shape index (κ1) is 13.7. The first-order valence-electron chi connectivity index (χ1n) is 6.13. The number of hydrogen-bond acceptors (Lipinski definition) is 3. The highest BCUT2D eigenvalue weighted by atomic mass is 32.1. The van der Waals surface area contributed by atoms with E-state index in [9.17, 15) is 5.11 Å². The van der Waals surface area contributed by atoms with E-state index in [0.717, 1.165) is 25.8 Å². The first-order chi connectivity index (χ1) is 7.65. The van der Waals surface area contributed by atoms with Crippen molar-refractivity contribution in [1.82, 2.24) is 5.32 Å². The average Bonchev–Trinajstić information content (AvgIpc) is 2.76. The van der Waals surface area contributed by atoms with Crippen LogP contribution in [0.25, 0.3) is 0 Å². The van der Waals surface area contributed by atoms with Gasteiger partial charge in [0.1, 0.15) is 0 Å². The molecule has 0 aliphatic heterocycles. The van der Waals surface area contributed by atoms with Gasteiger partial charge in [-0.2, -0.15) is 0 Å². The summed E-state index contributed by atoms with van der Waals surface area (Å²) in [5, 5.41) is 15.6. The van der Waals surface area contributed by atoms with Gasteiger partial charge in [0.05, 0.1) is 5.60 Å². The van der Waals surface area contributed by atoms with E-state index < -0.39 is 5.60 Å². The number of aliphatic hydroxyl groups is 1. The van der Waals surface area contributed by atoms with Crippen LogP contribution in [0.5, 0.6) is 0 Å². The van der Waals surface area contributed by atoms with E-state index in [4.69, 9.17) is 0 Å². The lowest BCUT2D eigenvalue weighted by Gasteiger charge is -2.25. The van der Waals surface area contributed by atoms with Gasteiger partial charge in [-0.15, -0.1) is 11.3 Å². The summed E-state index contributed by atoms with van der Waals surface area (Å²) in [6, 6.07) is 2.19. The summed E-state index contributed by atoms with van der Waals surface area (Å²) in [5.41, 5.74) is 0.887. The third-order valence-electron chi connectivity index (χ3n) is 3.27. The molecular weight excluding hydrogens is 218 g/mol. The molecule has 3 heteroatoms. The molecule has 0 aromatic carbocycles. The van der Waals surface area contributed by atoms with Gasteiger partial charge in [0.15, 0.2) is 0 Å². The van der Waals surface area contributed by atoms with Gasteiger partial charge in [-0.1, -0.05) is 20.8 Å². The summed E-state index contributed by atoms with van der Waals surface area (Å²) in [6.07, 6.45) is 2.70. The predicted molar refractivity (Wildman–Crippen MR) is 70.9 cm³/mol. The van der Waals surface area contributed by atoms with E-state index in [-0.39, 0.29) is 0 Å². The van der Waals surface area contributed by atoms with Crippen LogP contribution in [0.1, 0.15) is 44.1 Å². The first-order valence-corrected chi connectivity index (χ1v) is 7.01. The molecule has 2 N–H and O–H groups in total. The lowest BCUT2D eigenvalue weighted by Crippen LogP contribution is -2.39. The lowest BCUT2D eigenvalue weighted by atomic mass is 9.97. The number of rotatable bonds is 7. The quantitative estimate of drug-likeness (QED) is 0.769. The van der Waals surface area contributed by atoms with Crippen LogP contribution in [0.4, 0.5) is 0 Å². The van der Waals surface area contributed by atoms with Gasteiger partial charge in [0, 0.05) is 18.0 Å². The van der Waals surface area contributed by atoms with Crippen molar-refractivity contribution in [2.75, 3.05) is 6.54 Å². The minimum atomic E-state index is -0.538. The largest absolute Gasteiger partial charge is 0.389 e. The maximum atomic E-state index is 10.1. The molecule has 1 aromatic heterocycles. The molecule has 0 spiro atoms. The Morgan fingerprint density at radius 1 is 1.31 bits per heavy atom. The molecule has 1 rings (SSSR count). The van der Waals surface area contributed by atoms with E-state index in [1.807, 2.05) is 13.8 Å². The van der Waals surface area contributed by atoms with Crippen molar-refractivity contribution in [3.63, 3.8) is 0 Å². The molecule has 92 valence electrons. The topological polar surface area (TPSA) is 32.3 Å². The summed E-state index contributed by atoms with van der Waals surface area (Å²) in [5.74, 6) is 0. The maximum absolute atomic E-state index is 10.1. The SMILES string of the molecule is CCc1ccsc1CNCC(O)(CC)CC. The fourth-order valence-corrected chi connectivity index (χ4v) is 2.69. The van der Waals surface area contributed by atoms with Crippen LogP contribution in [0.2, 0.25) is 0 Å². The number of aryl methyl sites for hydroxylation is 1. The fourth-order valence-electron chi connectivity index (χ4n) is 1.75. The van der Waals surface area contributed by atoms with E-state index in [0.29, 0.717) is 6.54 Å². The molecule has 0 bridgehead atoms. The molecule has 0 radical (unpaired) electrons. The van der Waals surface area contributed by atoms with Gasteiger partial charge in [-0.05, 0) is 36.3 Å². The van der Waals surface area contributed by atoms with Crippen LogP contribution < -0.4 is 5.32 Å². The molecule has 1 aromatic rings. The second-order valence-electron chi connectivity index (χ2n) is 4.26. The van der Waals surface area contributed by atoms with Crippen molar-refractivity contribution in [3.8, 4) is 0 Å². The Hall–Kier alpha value is -0.380. The zero-order valence-corrected chi connectivity index (χ0v) is 11.4. The van der Waals surface area contributed by atoms with Crippen molar-refractivity contribution < 1.29 is 5.11 Å². The summed E-state index contributed by atoms with van der Waals surface area (Å²) >= 11 is 1.80. The van der Waals surface area contributed by atoms with Crippen LogP contribution in [0.15, 0.2) is 11.4 Å². The normalized spacial score (nSPS) is 12.0. The monoisotopic (exact) mass is 241 g/mol. The Bertz CT molecular complexity index is 305. The Morgan fingerprint density at radius 3 is 2.56 bits per heavy atom. The van der Waals surface area contributed by atoms with Crippen LogP contribution in [-0.2, 0) is 13.0 Å². The molecule has 0 saturated heterocycles. The lowest BCUT2D eigenvalue weighted by molar-refractivity contribution is 0.0323. The van der Waals surface area contributed by atoms with Gasteiger partial charge < -0.3 is 10.4 Å². The third-order valence-corrected chi connectivity index (χ3v) is 4.24. The van der Waals surface area contributed by atoms with E-state index in [1.165, 1.54) is 10.4 Å². The molecule has 0 fully saturated rings.